The smallest absolute Gasteiger partial charge is 0.230 e. The third-order valence-electron chi connectivity index (χ3n) is 4.16. The zero-order valence-corrected chi connectivity index (χ0v) is 14.8. The zero-order chi connectivity index (χ0) is 19.3. The average Bonchev–Trinajstić information content (AvgIpc) is 3.34. The van der Waals surface area contributed by atoms with Gasteiger partial charge in [0.15, 0.2) is 5.58 Å². The first-order valence-corrected chi connectivity index (χ1v) is 8.61. The summed E-state index contributed by atoms with van der Waals surface area (Å²) in [5.74, 6) is 0.169. The first kappa shape index (κ1) is 17.4. The summed E-state index contributed by atoms with van der Waals surface area (Å²) >= 11 is 0. The van der Waals surface area contributed by atoms with Crippen LogP contribution in [0.2, 0.25) is 0 Å². The molecule has 0 aliphatic heterocycles. The molecular weight excluding hydrogens is 358 g/mol. The van der Waals surface area contributed by atoms with Crippen molar-refractivity contribution in [2.75, 3.05) is 6.54 Å². The lowest BCUT2D eigenvalue weighted by Crippen LogP contribution is -2.25. The highest BCUT2D eigenvalue weighted by molar-refractivity contribution is 5.85. The highest BCUT2D eigenvalue weighted by Crippen LogP contribution is 2.27. The molecule has 0 aliphatic carbocycles. The molecule has 8 heteroatoms. The van der Waals surface area contributed by atoms with Crippen molar-refractivity contribution in [1.82, 2.24) is 20.7 Å². The lowest BCUT2D eigenvalue weighted by Gasteiger charge is -2.01. The molecule has 4 rings (SSSR count). The Balaban J connectivity index is 1.54. The molecule has 1 amide bonds. The molecule has 1 N–H and O–H groups in total. The van der Waals surface area contributed by atoms with E-state index in [1.165, 1.54) is 0 Å². The summed E-state index contributed by atoms with van der Waals surface area (Å²) in [7, 11) is 0. The van der Waals surface area contributed by atoms with Gasteiger partial charge in [0.25, 0.3) is 0 Å². The van der Waals surface area contributed by atoms with Crippen molar-refractivity contribution in [3.05, 3.63) is 66.0 Å². The fraction of sp³-hybridized carbons (Fsp3) is 0.150. The van der Waals surface area contributed by atoms with Gasteiger partial charge in [0.2, 0.25) is 17.7 Å². The second kappa shape index (κ2) is 7.72. The molecule has 0 aliphatic rings. The van der Waals surface area contributed by atoms with Gasteiger partial charge in [-0.25, -0.2) is 0 Å². The number of rotatable bonds is 6. The lowest BCUT2D eigenvalue weighted by molar-refractivity contribution is -0.120. The van der Waals surface area contributed by atoms with Gasteiger partial charge in [-0.15, -0.1) is 10.2 Å². The Hall–Kier alpha value is -3.99. The van der Waals surface area contributed by atoms with Crippen molar-refractivity contribution in [3.63, 3.8) is 0 Å². The number of aromatic nitrogens is 3. The third kappa shape index (κ3) is 3.73. The molecule has 28 heavy (non-hydrogen) atoms. The second-order valence-corrected chi connectivity index (χ2v) is 6.08. The third-order valence-corrected chi connectivity index (χ3v) is 4.16. The van der Waals surface area contributed by atoms with Gasteiger partial charge in [0.1, 0.15) is 18.7 Å². The number of nitrogens with zero attached hydrogens (tertiary/aromatic N) is 4. The minimum atomic E-state index is -0.351. The number of carbonyl (C=O) groups excluding carboxylic acids is 1. The Morgan fingerprint density at radius 1 is 1.07 bits per heavy atom. The van der Waals surface area contributed by atoms with Crippen molar-refractivity contribution >= 4 is 16.9 Å². The quantitative estimate of drug-likeness (QED) is 0.516. The van der Waals surface area contributed by atoms with Gasteiger partial charge in [-0.05, 0) is 23.3 Å². The zero-order valence-electron chi connectivity index (χ0n) is 14.8. The molecule has 0 bridgehead atoms. The standard InChI is InChI=1S/C20H15N5O3/c21-8-9-22-18(26)12-20-24-23-19(27-20)11-16-15-10-14(6-7-17(15)28-25-16)13-4-2-1-3-5-13/h1-7,10H,9,11-12H2,(H,22,26). The Morgan fingerprint density at radius 2 is 1.89 bits per heavy atom. The molecule has 138 valence electrons. The largest absolute Gasteiger partial charge is 0.424 e. The number of hydrogen-bond donors (Lipinski definition) is 1. The molecule has 2 aromatic heterocycles. The fourth-order valence-electron chi connectivity index (χ4n) is 2.84. The number of amides is 1. The molecule has 2 aromatic carbocycles. The number of carbonyl (C=O) groups is 1. The van der Waals surface area contributed by atoms with E-state index >= 15 is 0 Å². The minimum absolute atomic E-state index is 0.0610. The van der Waals surface area contributed by atoms with Crippen LogP contribution in [0.1, 0.15) is 17.5 Å². The van der Waals surface area contributed by atoms with Crippen molar-refractivity contribution in [2.24, 2.45) is 0 Å². The fourth-order valence-corrected chi connectivity index (χ4v) is 2.84. The number of nitriles is 1. The monoisotopic (exact) mass is 373 g/mol. The molecule has 0 saturated heterocycles. The molecule has 0 fully saturated rings. The maximum atomic E-state index is 11.6. The Bertz CT molecular complexity index is 1160. The summed E-state index contributed by atoms with van der Waals surface area (Å²) in [4.78, 5) is 11.6. The van der Waals surface area contributed by atoms with E-state index in [9.17, 15) is 4.79 Å². The van der Waals surface area contributed by atoms with Crippen LogP contribution < -0.4 is 5.32 Å². The molecular formula is C20H15N5O3. The maximum absolute atomic E-state index is 11.6. The van der Waals surface area contributed by atoms with Crippen LogP contribution in [-0.4, -0.2) is 27.8 Å². The van der Waals surface area contributed by atoms with Gasteiger partial charge in [-0.2, -0.15) is 5.26 Å². The predicted octanol–water partition coefficient (Wildman–Crippen LogP) is 2.65. The van der Waals surface area contributed by atoms with Gasteiger partial charge in [0.05, 0.1) is 12.5 Å². The lowest BCUT2D eigenvalue weighted by atomic mass is 10.0. The number of benzene rings is 2. The van der Waals surface area contributed by atoms with E-state index in [1.54, 1.807) is 0 Å². The number of fused-ring (bicyclic) bond motifs is 1. The van der Waals surface area contributed by atoms with Crippen molar-refractivity contribution in [1.29, 1.82) is 5.26 Å². The summed E-state index contributed by atoms with van der Waals surface area (Å²) in [5.41, 5.74) is 3.50. The molecule has 2 heterocycles. The number of hydrogen-bond acceptors (Lipinski definition) is 7. The van der Waals surface area contributed by atoms with E-state index in [0.29, 0.717) is 17.2 Å². The summed E-state index contributed by atoms with van der Waals surface area (Å²) in [6, 6.07) is 17.7. The van der Waals surface area contributed by atoms with E-state index in [-0.39, 0.29) is 31.2 Å². The Labute approximate surface area is 159 Å². The van der Waals surface area contributed by atoms with Crippen LogP contribution in [0.3, 0.4) is 0 Å². The van der Waals surface area contributed by atoms with Gasteiger partial charge in [-0.3, -0.25) is 4.79 Å². The van der Waals surface area contributed by atoms with Gasteiger partial charge in [0, 0.05) is 5.39 Å². The second-order valence-electron chi connectivity index (χ2n) is 6.08. The highest BCUT2D eigenvalue weighted by Gasteiger charge is 2.15. The van der Waals surface area contributed by atoms with Crippen LogP contribution in [-0.2, 0) is 17.6 Å². The van der Waals surface area contributed by atoms with Gasteiger partial charge in [-0.1, -0.05) is 41.6 Å². The predicted molar refractivity (Wildman–Crippen MR) is 98.9 cm³/mol. The Kier molecular flexibility index (Phi) is 4.80. The maximum Gasteiger partial charge on any atom is 0.230 e. The van der Waals surface area contributed by atoms with Crippen LogP contribution in [0.5, 0.6) is 0 Å². The normalized spacial score (nSPS) is 10.7. The van der Waals surface area contributed by atoms with Crippen LogP contribution in [0.15, 0.2) is 57.5 Å². The topological polar surface area (TPSA) is 118 Å². The SMILES string of the molecule is N#CCNC(=O)Cc1nnc(Cc2noc3ccc(-c4ccccc4)cc23)o1. The molecule has 0 atom stereocenters. The van der Waals surface area contributed by atoms with Crippen molar-refractivity contribution in [2.45, 2.75) is 12.8 Å². The molecule has 4 aromatic rings. The minimum Gasteiger partial charge on any atom is -0.424 e. The number of nitrogens with one attached hydrogen (secondary N) is 1. The highest BCUT2D eigenvalue weighted by atomic mass is 16.5. The van der Waals surface area contributed by atoms with E-state index in [2.05, 4.69) is 20.7 Å². The molecule has 0 spiro atoms. The first-order valence-electron chi connectivity index (χ1n) is 8.61. The first-order chi connectivity index (χ1) is 13.7. The summed E-state index contributed by atoms with van der Waals surface area (Å²) in [6.07, 6.45) is 0.213. The van der Waals surface area contributed by atoms with Crippen LogP contribution in [0, 0.1) is 11.3 Å². The average molecular weight is 373 g/mol. The van der Waals surface area contributed by atoms with Crippen molar-refractivity contribution < 1.29 is 13.7 Å². The Morgan fingerprint density at radius 3 is 2.71 bits per heavy atom. The van der Waals surface area contributed by atoms with E-state index in [1.807, 2.05) is 54.6 Å². The van der Waals surface area contributed by atoms with Crippen molar-refractivity contribution in [3.8, 4) is 17.2 Å². The van der Waals surface area contributed by atoms with Crippen LogP contribution in [0.25, 0.3) is 22.1 Å². The summed E-state index contributed by atoms with van der Waals surface area (Å²) in [6.45, 7) is -0.0610. The van der Waals surface area contributed by atoms with Gasteiger partial charge >= 0.3 is 0 Å². The molecule has 8 nitrogen and oxygen atoms in total. The van der Waals surface area contributed by atoms with E-state index in [4.69, 9.17) is 14.2 Å². The van der Waals surface area contributed by atoms with E-state index < -0.39 is 0 Å². The molecule has 0 unspecified atom stereocenters. The summed E-state index contributed by atoms with van der Waals surface area (Å²) < 4.78 is 10.9. The molecule has 0 radical (unpaired) electrons. The van der Waals surface area contributed by atoms with E-state index in [0.717, 1.165) is 16.5 Å². The van der Waals surface area contributed by atoms with Crippen LogP contribution in [0.4, 0.5) is 0 Å². The van der Waals surface area contributed by atoms with Gasteiger partial charge < -0.3 is 14.3 Å². The molecule has 0 saturated carbocycles. The van der Waals surface area contributed by atoms with Crippen LogP contribution >= 0.6 is 0 Å². The summed E-state index contributed by atoms with van der Waals surface area (Å²) in [5, 5.41) is 23.7.